The van der Waals surface area contributed by atoms with Crippen molar-refractivity contribution < 1.29 is 9.15 Å². The van der Waals surface area contributed by atoms with Gasteiger partial charge in [0.25, 0.3) is 0 Å². The highest BCUT2D eigenvalue weighted by Crippen LogP contribution is 2.24. The van der Waals surface area contributed by atoms with Crippen LogP contribution in [0.15, 0.2) is 27.8 Å². The molecule has 2 aliphatic heterocycles. The Labute approximate surface area is 201 Å². The molecular formula is C21H34IN7O2. The molecule has 2 N–H and O–H groups in total. The first-order chi connectivity index (χ1) is 14.8. The van der Waals surface area contributed by atoms with E-state index in [-0.39, 0.29) is 36.1 Å². The highest BCUT2D eigenvalue weighted by atomic mass is 127. The van der Waals surface area contributed by atoms with Crippen LogP contribution in [0.2, 0.25) is 0 Å². The molecule has 9 nitrogen and oxygen atoms in total. The molecule has 2 atom stereocenters. The number of halogens is 1. The number of guanidine groups is 1. The number of aryl methyl sites for hydroxylation is 1. The zero-order valence-electron chi connectivity index (χ0n) is 18.4. The fourth-order valence-electron chi connectivity index (χ4n) is 4.37. The van der Waals surface area contributed by atoms with Gasteiger partial charge in [0, 0.05) is 33.2 Å². The summed E-state index contributed by atoms with van der Waals surface area (Å²) < 4.78 is 12.9. The summed E-state index contributed by atoms with van der Waals surface area (Å²) in [6.45, 7) is 4.21. The molecule has 4 rings (SSSR count). The van der Waals surface area contributed by atoms with Crippen LogP contribution in [0.25, 0.3) is 0 Å². The van der Waals surface area contributed by atoms with E-state index in [4.69, 9.17) is 9.15 Å². The smallest absolute Gasteiger partial charge is 0.191 e. The van der Waals surface area contributed by atoms with Crippen LogP contribution in [0, 0.1) is 0 Å². The van der Waals surface area contributed by atoms with Gasteiger partial charge in [0.15, 0.2) is 11.8 Å². The van der Waals surface area contributed by atoms with Crippen molar-refractivity contribution in [1.82, 2.24) is 30.3 Å². The molecule has 0 radical (unpaired) electrons. The molecule has 1 saturated heterocycles. The Balaban J connectivity index is 0.00000272. The van der Waals surface area contributed by atoms with E-state index >= 15 is 0 Å². The maximum atomic E-state index is 5.76. The zero-order valence-corrected chi connectivity index (χ0v) is 20.7. The van der Waals surface area contributed by atoms with E-state index in [9.17, 15) is 0 Å². The number of rotatable bonds is 7. The van der Waals surface area contributed by atoms with Crippen molar-refractivity contribution in [3.63, 3.8) is 0 Å². The minimum Gasteiger partial charge on any atom is -0.468 e. The van der Waals surface area contributed by atoms with Gasteiger partial charge in [-0.15, -0.1) is 24.0 Å². The second-order valence-electron chi connectivity index (χ2n) is 8.02. The van der Waals surface area contributed by atoms with E-state index < -0.39 is 0 Å². The summed E-state index contributed by atoms with van der Waals surface area (Å²) in [6.07, 6.45) is 7.47. The van der Waals surface area contributed by atoms with Crippen LogP contribution >= 0.6 is 24.0 Å². The topological polar surface area (TPSA) is 92.7 Å². The van der Waals surface area contributed by atoms with E-state index in [1.165, 1.54) is 19.3 Å². The van der Waals surface area contributed by atoms with Crippen molar-refractivity contribution in [3.8, 4) is 0 Å². The van der Waals surface area contributed by atoms with Crippen molar-refractivity contribution in [2.24, 2.45) is 4.99 Å². The quantitative estimate of drug-likeness (QED) is 0.315. The van der Waals surface area contributed by atoms with Gasteiger partial charge in [-0.25, -0.2) is 9.67 Å². The third kappa shape index (κ3) is 6.19. The van der Waals surface area contributed by atoms with Crippen LogP contribution < -0.4 is 10.6 Å². The van der Waals surface area contributed by atoms with Gasteiger partial charge in [-0.2, -0.15) is 5.10 Å². The van der Waals surface area contributed by atoms with Crippen molar-refractivity contribution in [2.45, 2.75) is 57.3 Å². The monoisotopic (exact) mass is 543 g/mol. The van der Waals surface area contributed by atoms with Gasteiger partial charge in [-0.05, 0) is 44.5 Å². The number of ether oxygens (including phenoxy) is 1. The summed E-state index contributed by atoms with van der Waals surface area (Å²) in [7, 11) is 3.48. The molecule has 0 aliphatic carbocycles. The number of likely N-dealkylation sites (tertiary alicyclic amines) is 1. The Bertz CT molecular complexity index is 818. The standard InChI is InChI=1S/C21H33N7O2.HI/c1-22-21(24-16-8-9-20-25-19(15-29-2)26-28(20)14-16)23-13-17(18-7-6-12-30-18)27-10-4-3-5-11-27;/h6-7,12,16-17H,3-5,8-11,13-15H2,1-2H3,(H2,22,23,24);1H. The molecule has 2 aromatic rings. The SMILES string of the molecule is CN=C(NCC(c1ccco1)N1CCCCC1)NC1CCc2nc(COC)nn2C1.I. The molecule has 2 aromatic heterocycles. The molecule has 2 aliphatic rings. The largest absolute Gasteiger partial charge is 0.468 e. The van der Waals surface area contributed by atoms with Crippen LogP contribution in [0.3, 0.4) is 0 Å². The van der Waals surface area contributed by atoms with E-state index in [0.29, 0.717) is 6.61 Å². The molecular weight excluding hydrogens is 509 g/mol. The predicted octanol–water partition coefficient (Wildman–Crippen LogP) is 2.34. The maximum Gasteiger partial charge on any atom is 0.191 e. The number of furan rings is 1. The molecule has 10 heteroatoms. The highest BCUT2D eigenvalue weighted by Gasteiger charge is 2.26. The van der Waals surface area contributed by atoms with Crippen LogP contribution in [0.4, 0.5) is 0 Å². The van der Waals surface area contributed by atoms with Gasteiger partial charge in [0.05, 0.1) is 18.8 Å². The Hall–Kier alpha value is -1.66. The lowest BCUT2D eigenvalue weighted by Crippen LogP contribution is -2.49. The third-order valence-corrected chi connectivity index (χ3v) is 5.91. The van der Waals surface area contributed by atoms with Crippen molar-refractivity contribution in [3.05, 3.63) is 35.8 Å². The second kappa shape index (κ2) is 11.8. The first-order valence-electron chi connectivity index (χ1n) is 10.9. The van der Waals surface area contributed by atoms with Gasteiger partial charge in [-0.3, -0.25) is 9.89 Å². The van der Waals surface area contributed by atoms with E-state index in [1.54, 1.807) is 13.4 Å². The van der Waals surface area contributed by atoms with Gasteiger partial charge < -0.3 is 19.8 Å². The van der Waals surface area contributed by atoms with Crippen LogP contribution in [0.1, 0.15) is 49.1 Å². The number of nitrogens with one attached hydrogen (secondary N) is 2. The minimum absolute atomic E-state index is 0. The van der Waals surface area contributed by atoms with Gasteiger partial charge >= 0.3 is 0 Å². The predicted molar refractivity (Wildman–Crippen MR) is 130 cm³/mol. The lowest BCUT2D eigenvalue weighted by atomic mass is 10.1. The fraction of sp³-hybridized carbons (Fsp3) is 0.667. The first-order valence-corrected chi connectivity index (χ1v) is 10.9. The molecule has 0 aromatic carbocycles. The van der Waals surface area contributed by atoms with Crippen LogP contribution in [-0.2, 0) is 24.3 Å². The number of hydrogen-bond acceptors (Lipinski definition) is 6. The summed E-state index contributed by atoms with van der Waals surface area (Å²) in [5.41, 5.74) is 0. The number of aliphatic imine (C=N–C) groups is 1. The number of hydrogen-bond donors (Lipinski definition) is 2. The lowest BCUT2D eigenvalue weighted by Gasteiger charge is -2.34. The normalized spacial score (nSPS) is 20.6. The summed E-state index contributed by atoms with van der Waals surface area (Å²) in [4.78, 5) is 11.5. The van der Waals surface area contributed by atoms with Gasteiger partial charge in [-0.1, -0.05) is 6.42 Å². The Kier molecular flexibility index (Phi) is 9.15. The Morgan fingerprint density at radius 1 is 1.35 bits per heavy atom. The van der Waals surface area contributed by atoms with Crippen LogP contribution in [-0.4, -0.2) is 65.5 Å². The summed E-state index contributed by atoms with van der Waals surface area (Å²) >= 11 is 0. The summed E-state index contributed by atoms with van der Waals surface area (Å²) in [5, 5.41) is 11.6. The average molecular weight is 543 g/mol. The fourth-order valence-corrected chi connectivity index (χ4v) is 4.37. The maximum absolute atomic E-state index is 5.76. The Morgan fingerprint density at radius 3 is 2.90 bits per heavy atom. The number of fused-ring (bicyclic) bond motifs is 1. The first kappa shape index (κ1) is 24.0. The van der Waals surface area contributed by atoms with E-state index in [0.717, 1.165) is 62.4 Å². The molecule has 0 amide bonds. The molecule has 0 saturated carbocycles. The lowest BCUT2D eigenvalue weighted by molar-refractivity contribution is 0.146. The number of nitrogens with zero attached hydrogens (tertiary/aromatic N) is 5. The van der Waals surface area contributed by atoms with E-state index in [1.807, 2.05) is 17.8 Å². The summed E-state index contributed by atoms with van der Waals surface area (Å²) in [6, 6.07) is 4.51. The zero-order chi connectivity index (χ0) is 20.8. The van der Waals surface area contributed by atoms with Gasteiger partial charge in [0.2, 0.25) is 0 Å². The Morgan fingerprint density at radius 2 is 2.19 bits per heavy atom. The molecule has 0 spiro atoms. The van der Waals surface area contributed by atoms with E-state index in [2.05, 4.69) is 36.7 Å². The molecule has 4 heterocycles. The molecule has 172 valence electrons. The number of aromatic nitrogens is 3. The molecule has 2 unspecified atom stereocenters. The van der Waals surface area contributed by atoms with Crippen molar-refractivity contribution in [2.75, 3.05) is 33.8 Å². The summed E-state index contributed by atoms with van der Waals surface area (Å²) in [5.74, 6) is 3.61. The average Bonchev–Trinajstić information content (AvgIpc) is 3.43. The van der Waals surface area contributed by atoms with Crippen molar-refractivity contribution in [1.29, 1.82) is 0 Å². The van der Waals surface area contributed by atoms with Crippen molar-refractivity contribution >= 4 is 29.9 Å². The number of methoxy groups -OCH3 is 1. The minimum atomic E-state index is 0. The van der Waals surface area contributed by atoms with Gasteiger partial charge in [0.1, 0.15) is 18.2 Å². The van der Waals surface area contributed by atoms with Crippen LogP contribution in [0.5, 0.6) is 0 Å². The second-order valence-corrected chi connectivity index (χ2v) is 8.02. The number of piperidine rings is 1. The molecule has 0 bridgehead atoms. The highest BCUT2D eigenvalue weighted by molar-refractivity contribution is 14.0. The molecule has 1 fully saturated rings. The molecule has 31 heavy (non-hydrogen) atoms. The third-order valence-electron chi connectivity index (χ3n) is 5.91.